The Bertz CT molecular complexity index is 831. The van der Waals surface area contributed by atoms with Crippen LogP contribution in [-0.4, -0.2) is 10.9 Å². The number of oxazole rings is 1. The van der Waals surface area contributed by atoms with Crippen molar-refractivity contribution in [1.29, 1.82) is 0 Å². The summed E-state index contributed by atoms with van der Waals surface area (Å²) < 4.78 is 5.65. The van der Waals surface area contributed by atoms with Gasteiger partial charge in [-0.25, -0.2) is 4.98 Å². The van der Waals surface area contributed by atoms with E-state index in [1.165, 1.54) is 0 Å². The molecule has 0 radical (unpaired) electrons. The highest BCUT2D eigenvalue weighted by molar-refractivity contribution is 6.04. The topological polar surface area (TPSA) is 55.1 Å². The van der Waals surface area contributed by atoms with Crippen molar-refractivity contribution in [3.8, 4) is 11.5 Å². The van der Waals surface area contributed by atoms with Crippen molar-refractivity contribution in [2.75, 3.05) is 5.32 Å². The molecule has 23 heavy (non-hydrogen) atoms. The maximum atomic E-state index is 12.6. The number of rotatable bonds is 3. The third kappa shape index (κ3) is 3.01. The third-order valence-corrected chi connectivity index (χ3v) is 3.75. The molecule has 3 rings (SSSR count). The predicted octanol–water partition coefficient (Wildman–Crippen LogP) is 4.52. The van der Waals surface area contributed by atoms with E-state index in [9.17, 15) is 4.79 Å². The van der Waals surface area contributed by atoms with E-state index in [-0.39, 0.29) is 5.91 Å². The monoisotopic (exact) mass is 306 g/mol. The van der Waals surface area contributed by atoms with Gasteiger partial charge >= 0.3 is 0 Å². The SMILES string of the molecule is Cc1cccc(C)c1NC(=O)c1nc(-c2ccccc2)oc1C. The zero-order valence-electron chi connectivity index (χ0n) is 13.4. The number of carbonyl (C=O) groups excluding carboxylic acids is 1. The second-order valence-corrected chi connectivity index (χ2v) is 5.51. The summed E-state index contributed by atoms with van der Waals surface area (Å²) in [4.78, 5) is 16.9. The normalized spacial score (nSPS) is 10.6. The van der Waals surface area contributed by atoms with Gasteiger partial charge in [0, 0.05) is 11.3 Å². The van der Waals surface area contributed by atoms with Crippen molar-refractivity contribution in [3.05, 3.63) is 71.1 Å². The number of amides is 1. The molecule has 1 heterocycles. The molecule has 0 aliphatic rings. The summed E-state index contributed by atoms with van der Waals surface area (Å²) in [5.41, 5.74) is 4.01. The number of hydrogen-bond acceptors (Lipinski definition) is 3. The van der Waals surface area contributed by atoms with Crippen molar-refractivity contribution in [2.24, 2.45) is 0 Å². The number of para-hydroxylation sites is 1. The Balaban J connectivity index is 1.90. The first-order valence-electron chi connectivity index (χ1n) is 7.46. The molecule has 4 heteroatoms. The molecule has 0 aliphatic heterocycles. The minimum absolute atomic E-state index is 0.258. The lowest BCUT2D eigenvalue weighted by molar-refractivity contribution is 0.102. The Morgan fingerprint density at radius 2 is 1.61 bits per heavy atom. The van der Waals surface area contributed by atoms with Crippen LogP contribution in [0.25, 0.3) is 11.5 Å². The van der Waals surface area contributed by atoms with E-state index < -0.39 is 0 Å². The lowest BCUT2D eigenvalue weighted by Crippen LogP contribution is -2.15. The van der Waals surface area contributed by atoms with Crippen molar-refractivity contribution >= 4 is 11.6 Å². The summed E-state index contributed by atoms with van der Waals surface area (Å²) in [5, 5.41) is 2.94. The minimum atomic E-state index is -0.258. The van der Waals surface area contributed by atoms with E-state index >= 15 is 0 Å². The quantitative estimate of drug-likeness (QED) is 0.774. The van der Waals surface area contributed by atoms with Gasteiger partial charge in [-0.2, -0.15) is 0 Å². The van der Waals surface area contributed by atoms with Crippen LogP contribution in [0, 0.1) is 20.8 Å². The fraction of sp³-hybridized carbons (Fsp3) is 0.158. The zero-order valence-corrected chi connectivity index (χ0v) is 13.4. The summed E-state index contributed by atoms with van der Waals surface area (Å²) in [6.45, 7) is 5.68. The Kier molecular flexibility index (Phi) is 3.98. The smallest absolute Gasteiger partial charge is 0.277 e. The molecule has 0 aliphatic carbocycles. The van der Waals surface area contributed by atoms with Gasteiger partial charge < -0.3 is 9.73 Å². The number of nitrogens with zero attached hydrogens (tertiary/aromatic N) is 1. The molecule has 1 aromatic heterocycles. The number of carbonyl (C=O) groups is 1. The predicted molar refractivity (Wildman–Crippen MR) is 90.5 cm³/mol. The Morgan fingerprint density at radius 1 is 0.957 bits per heavy atom. The third-order valence-electron chi connectivity index (χ3n) is 3.75. The second-order valence-electron chi connectivity index (χ2n) is 5.51. The lowest BCUT2D eigenvalue weighted by Gasteiger charge is -2.10. The van der Waals surface area contributed by atoms with Crippen molar-refractivity contribution in [3.63, 3.8) is 0 Å². The standard InChI is InChI=1S/C19H18N2O2/c1-12-8-7-9-13(2)16(12)20-18(22)17-14(3)23-19(21-17)15-10-5-4-6-11-15/h4-11H,1-3H3,(H,20,22). The van der Waals surface area contributed by atoms with Crippen LogP contribution in [0.1, 0.15) is 27.4 Å². The zero-order chi connectivity index (χ0) is 16.4. The molecule has 0 fully saturated rings. The first kappa shape index (κ1) is 15.0. The van der Waals surface area contributed by atoms with Crippen LogP contribution in [0.4, 0.5) is 5.69 Å². The van der Waals surface area contributed by atoms with Crippen LogP contribution in [-0.2, 0) is 0 Å². The van der Waals surface area contributed by atoms with Gasteiger partial charge in [0.15, 0.2) is 5.69 Å². The first-order valence-corrected chi connectivity index (χ1v) is 7.46. The Labute approximate surface area is 135 Å². The van der Waals surface area contributed by atoms with Gasteiger partial charge in [-0.15, -0.1) is 0 Å². The van der Waals surface area contributed by atoms with Crippen LogP contribution in [0.2, 0.25) is 0 Å². The van der Waals surface area contributed by atoms with E-state index in [1.54, 1.807) is 6.92 Å². The minimum Gasteiger partial charge on any atom is -0.441 e. The van der Waals surface area contributed by atoms with Crippen LogP contribution in [0.3, 0.4) is 0 Å². The molecule has 0 unspecified atom stereocenters. The second kappa shape index (κ2) is 6.08. The molecular formula is C19H18N2O2. The molecule has 0 spiro atoms. The maximum Gasteiger partial charge on any atom is 0.277 e. The van der Waals surface area contributed by atoms with E-state index in [0.29, 0.717) is 17.3 Å². The van der Waals surface area contributed by atoms with Crippen molar-refractivity contribution in [2.45, 2.75) is 20.8 Å². The molecule has 1 N–H and O–H groups in total. The van der Waals surface area contributed by atoms with E-state index in [4.69, 9.17) is 4.42 Å². The first-order chi connectivity index (χ1) is 11.1. The van der Waals surface area contributed by atoms with Crippen LogP contribution in [0.5, 0.6) is 0 Å². The summed E-state index contributed by atoms with van der Waals surface area (Å²) >= 11 is 0. The number of anilines is 1. The van der Waals surface area contributed by atoms with Crippen LogP contribution in [0.15, 0.2) is 52.9 Å². The number of aromatic nitrogens is 1. The van der Waals surface area contributed by atoms with Gasteiger partial charge in [0.25, 0.3) is 5.91 Å². The van der Waals surface area contributed by atoms with Crippen LogP contribution >= 0.6 is 0 Å². The molecule has 0 saturated carbocycles. The van der Waals surface area contributed by atoms with Gasteiger partial charge in [-0.3, -0.25) is 4.79 Å². The highest BCUT2D eigenvalue weighted by Gasteiger charge is 2.19. The molecule has 0 saturated heterocycles. The highest BCUT2D eigenvalue weighted by Crippen LogP contribution is 2.24. The maximum absolute atomic E-state index is 12.6. The summed E-state index contributed by atoms with van der Waals surface area (Å²) in [7, 11) is 0. The average molecular weight is 306 g/mol. The van der Waals surface area contributed by atoms with Gasteiger partial charge in [0.05, 0.1) is 0 Å². The fourth-order valence-electron chi connectivity index (χ4n) is 2.50. The summed E-state index contributed by atoms with van der Waals surface area (Å²) in [6.07, 6.45) is 0. The van der Waals surface area contributed by atoms with Gasteiger partial charge in [-0.05, 0) is 44.0 Å². The molecule has 3 aromatic rings. The number of aryl methyl sites for hydroxylation is 3. The molecule has 116 valence electrons. The Hall–Kier alpha value is -2.88. The van der Waals surface area contributed by atoms with Crippen LogP contribution < -0.4 is 5.32 Å². The molecule has 0 bridgehead atoms. The van der Waals surface area contributed by atoms with Gasteiger partial charge in [-0.1, -0.05) is 36.4 Å². The van der Waals surface area contributed by atoms with Gasteiger partial charge in [0.2, 0.25) is 5.89 Å². The number of hydrogen-bond donors (Lipinski definition) is 1. The number of nitrogens with one attached hydrogen (secondary N) is 1. The van der Waals surface area contributed by atoms with E-state index in [0.717, 1.165) is 22.4 Å². The highest BCUT2D eigenvalue weighted by atomic mass is 16.4. The lowest BCUT2D eigenvalue weighted by atomic mass is 10.1. The molecular weight excluding hydrogens is 288 g/mol. The van der Waals surface area contributed by atoms with E-state index in [1.807, 2.05) is 62.4 Å². The summed E-state index contributed by atoms with van der Waals surface area (Å²) in [5.74, 6) is 0.702. The van der Waals surface area contributed by atoms with Crippen molar-refractivity contribution in [1.82, 2.24) is 4.98 Å². The Morgan fingerprint density at radius 3 is 2.26 bits per heavy atom. The van der Waals surface area contributed by atoms with Crippen molar-refractivity contribution < 1.29 is 9.21 Å². The number of benzene rings is 2. The van der Waals surface area contributed by atoms with E-state index in [2.05, 4.69) is 10.3 Å². The molecule has 1 amide bonds. The fourth-order valence-corrected chi connectivity index (χ4v) is 2.50. The molecule has 4 nitrogen and oxygen atoms in total. The average Bonchev–Trinajstić information content (AvgIpc) is 2.94. The van der Waals surface area contributed by atoms with Gasteiger partial charge in [0.1, 0.15) is 5.76 Å². The summed E-state index contributed by atoms with van der Waals surface area (Å²) in [6, 6.07) is 15.4. The molecule has 0 atom stereocenters. The molecule has 2 aromatic carbocycles. The largest absolute Gasteiger partial charge is 0.441 e.